The first-order valence-electron chi connectivity index (χ1n) is 10.9. The summed E-state index contributed by atoms with van der Waals surface area (Å²) in [4.78, 5) is 28.5. The topological polar surface area (TPSA) is 78.7 Å². The summed E-state index contributed by atoms with van der Waals surface area (Å²) in [6.07, 6.45) is 7.38. The third-order valence-corrected chi connectivity index (χ3v) is 6.42. The minimum atomic E-state index is -0.0944. The third kappa shape index (κ3) is 2.87. The number of fused-ring (bicyclic) bond motifs is 4. The van der Waals surface area contributed by atoms with E-state index in [-0.39, 0.29) is 11.6 Å². The molecule has 0 saturated heterocycles. The molecule has 5 aromatic rings. The Morgan fingerprint density at radius 2 is 1.74 bits per heavy atom. The molecule has 1 aliphatic carbocycles. The standard InChI is InChI=1S/C24H23N5O2/c1-15-25-22-20(24(30)28(15)14-17-10-7-13-31-17)21-23(29(22)16-8-3-2-4-9-16)27-19-12-6-5-11-18(19)26-21/h5-7,10-13,16H,2-4,8-9,14H2,1H3. The molecule has 0 amide bonds. The zero-order valence-corrected chi connectivity index (χ0v) is 17.4. The highest BCUT2D eigenvalue weighted by atomic mass is 16.3. The molecule has 31 heavy (non-hydrogen) atoms. The minimum absolute atomic E-state index is 0.0944. The molecular weight excluding hydrogens is 390 g/mol. The molecule has 7 heteroatoms. The highest BCUT2D eigenvalue weighted by Gasteiger charge is 2.26. The van der Waals surface area contributed by atoms with Crippen LogP contribution in [0.2, 0.25) is 0 Å². The largest absolute Gasteiger partial charge is 0.467 e. The molecular formula is C24H23N5O2. The summed E-state index contributed by atoms with van der Waals surface area (Å²) in [7, 11) is 0. The fourth-order valence-corrected chi connectivity index (χ4v) is 4.89. The van der Waals surface area contributed by atoms with Crippen LogP contribution in [0.3, 0.4) is 0 Å². The Bertz CT molecular complexity index is 1470. The van der Waals surface area contributed by atoms with E-state index in [1.807, 2.05) is 43.3 Å². The van der Waals surface area contributed by atoms with Crippen molar-refractivity contribution in [2.75, 3.05) is 0 Å². The molecule has 0 bridgehead atoms. The van der Waals surface area contributed by atoms with E-state index in [0.29, 0.717) is 28.9 Å². The van der Waals surface area contributed by atoms with E-state index >= 15 is 0 Å². The van der Waals surface area contributed by atoms with Crippen LogP contribution in [-0.2, 0) is 6.54 Å². The number of hydrogen-bond acceptors (Lipinski definition) is 5. The van der Waals surface area contributed by atoms with Gasteiger partial charge in [-0.05, 0) is 44.0 Å². The summed E-state index contributed by atoms with van der Waals surface area (Å²) in [5.74, 6) is 1.39. The molecule has 1 fully saturated rings. The highest BCUT2D eigenvalue weighted by Crippen LogP contribution is 2.35. The number of hydrogen-bond donors (Lipinski definition) is 0. The van der Waals surface area contributed by atoms with Crippen molar-refractivity contribution in [2.45, 2.75) is 51.6 Å². The molecule has 0 unspecified atom stereocenters. The van der Waals surface area contributed by atoms with Crippen LogP contribution in [0.15, 0.2) is 51.9 Å². The van der Waals surface area contributed by atoms with E-state index in [1.54, 1.807) is 10.8 Å². The van der Waals surface area contributed by atoms with Crippen LogP contribution in [0, 0.1) is 6.92 Å². The number of para-hydroxylation sites is 2. The first-order valence-corrected chi connectivity index (χ1v) is 10.9. The zero-order chi connectivity index (χ0) is 20.9. The first kappa shape index (κ1) is 18.3. The Hall–Kier alpha value is -3.48. The van der Waals surface area contributed by atoms with Gasteiger partial charge in [-0.3, -0.25) is 9.36 Å². The van der Waals surface area contributed by atoms with Gasteiger partial charge in [0, 0.05) is 6.04 Å². The lowest BCUT2D eigenvalue weighted by Crippen LogP contribution is -2.25. The molecule has 156 valence electrons. The lowest BCUT2D eigenvalue weighted by molar-refractivity contribution is 0.365. The summed E-state index contributed by atoms with van der Waals surface area (Å²) in [6.45, 7) is 2.22. The molecule has 1 aromatic carbocycles. The summed E-state index contributed by atoms with van der Waals surface area (Å²) in [5.41, 5.74) is 3.64. The van der Waals surface area contributed by atoms with E-state index in [0.717, 1.165) is 35.3 Å². The number of aryl methyl sites for hydroxylation is 1. The van der Waals surface area contributed by atoms with E-state index < -0.39 is 0 Å². The van der Waals surface area contributed by atoms with Crippen molar-refractivity contribution in [3.63, 3.8) is 0 Å². The quantitative estimate of drug-likeness (QED) is 0.426. The molecule has 7 nitrogen and oxygen atoms in total. The molecule has 6 rings (SSSR count). The fraction of sp³-hybridized carbons (Fsp3) is 0.333. The van der Waals surface area contributed by atoms with Crippen molar-refractivity contribution >= 4 is 33.2 Å². The molecule has 4 aromatic heterocycles. The van der Waals surface area contributed by atoms with Crippen LogP contribution in [-0.4, -0.2) is 24.1 Å². The number of furan rings is 1. The number of nitrogens with zero attached hydrogens (tertiary/aromatic N) is 5. The second-order valence-corrected chi connectivity index (χ2v) is 8.37. The maximum Gasteiger partial charge on any atom is 0.265 e. The Kier molecular flexibility index (Phi) is 4.16. The van der Waals surface area contributed by atoms with Crippen molar-refractivity contribution in [1.29, 1.82) is 0 Å². The predicted molar refractivity (Wildman–Crippen MR) is 119 cm³/mol. The van der Waals surface area contributed by atoms with Gasteiger partial charge in [-0.25, -0.2) is 15.0 Å². The second kappa shape index (κ2) is 7.04. The Morgan fingerprint density at radius 1 is 0.968 bits per heavy atom. The van der Waals surface area contributed by atoms with Gasteiger partial charge in [-0.2, -0.15) is 0 Å². The molecule has 1 saturated carbocycles. The SMILES string of the molecule is Cc1nc2c(c(=O)n1Cc1ccco1)c1nc3ccccc3nc1n2C1CCCCC1. The average molecular weight is 413 g/mol. The van der Waals surface area contributed by atoms with Crippen LogP contribution in [0.4, 0.5) is 0 Å². The van der Waals surface area contributed by atoms with E-state index in [1.165, 1.54) is 19.3 Å². The van der Waals surface area contributed by atoms with Crippen LogP contribution in [0.1, 0.15) is 49.7 Å². The summed E-state index contributed by atoms with van der Waals surface area (Å²) in [6, 6.07) is 11.8. The van der Waals surface area contributed by atoms with Crippen molar-refractivity contribution < 1.29 is 4.42 Å². The van der Waals surface area contributed by atoms with Crippen LogP contribution < -0.4 is 5.56 Å². The number of benzene rings is 1. The van der Waals surface area contributed by atoms with Crippen molar-refractivity contribution in [3.05, 3.63) is 64.6 Å². The summed E-state index contributed by atoms with van der Waals surface area (Å²) < 4.78 is 9.34. The van der Waals surface area contributed by atoms with E-state index in [2.05, 4.69) is 4.57 Å². The lowest BCUT2D eigenvalue weighted by Gasteiger charge is -2.24. The third-order valence-electron chi connectivity index (χ3n) is 6.42. The molecule has 0 aliphatic heterocycles. The first-order chi connectivity index (χ1) is 15.2. The lowest BCUT2D eigenvalue weighted by atomic mass is 9.95. The molecule has 0 N–H and O–H groups in total. The Balaban J connectivity index is 1.70. The molecule has 4 heterocycles. The summed E-state index contributed by atoms with van der Waals surface area (Å²) in [5, 5.41) is 0.552. The number of aromatic nitrogens is 5. The normalized spacial score (nSPS) is 15.4. The van der Waals surface area contributed by atoms with Gasteiger partial charge in [-0.1, -0.05) is 31.4 Å². The van der Waals surface area contributed by atoms with Crippen LogP contribution in [0.5, 0.6) is 0 Å². The number of rotatable bonds is 3. The van der Waals surface area contributed by atoms with Gasteiger partial charge in [0.25, 0.3) is 5.56 Å². The Morgan fingerprint density at radius 3 is 2.48 bits per heavy atom. The highest BCUT2D eigenvalue weighted by molar-refractivity contribution is 6.04. The molecule has 0 atom stereocenters. The fourth-order valence-electron chi connectivity index (χ4n) is 4.89. The minimum Gasteiger partial charge on any atom is -0.467 e. The van der Waals surface area contributed by atoms with Gasteiger partial charge in [0.1, 0.15) is 22.5 Å². The van der Waals surface area contributed by atoms with Gasteiger partial charge in [-0.15, -0.1) is 0 Å². The maximum atomic E-state index is 13.7. The predicted octanol–water partition coefficient (Wildman–Crippen LogP) is 4.75. The zero-order valence-electron chi connectivity index (χ0n) is 17.4. The van der Waals surface area contributed by atoms with Crippen LogP contribution >= 0.6 is 0 Å². The molecule has 1 aliphatic rings. The van der Waals surface area contributed by atoms with Gasteiger partial charge in [0.2, 0.25) is 0 Å². The smallest absolute Gasteiger partial charge is 0.265 e. The maximum absolute atomic E-state index is 13.7. The van der Waals surface area contributed by atoms with Gasteiger partial charge in [0.05, 0.1) is 23.8 Å². The summed E-state index contributed by atoms with van der Waals surface area (Å²) >= 11 is 0. The average Bonchev–Trinajstić information content (AvgIpc) is 3.41. The van der Waals surface area contributed by atoms with Crippen LogP contribution in [0.25, 0.3) is 33.2 Å². The van der Waals surface area contributed by atoms with Crippen molar-refractivity contribution in [1.82, 2.24) is 24.1 Å². The monoisotopic (exact) mass is 413 g/mol. The van der Waals surface area contributed by atoms with Gasteiger partial charge < -0.3 is 8.98 Å². The van der Waals surface area contributed by atoms with E-state index in [4.69, 9.17) is 19.4 Å². The van der Waals surface area contributed by atoms with Crippen molar-refractivity contribution in [2.24, 2.45) is 0 Å². The van der Waals surface area contributed by atoms with Gasteiger partial charge in [0.15, 0.2) is 11.3 Å². The Labute approximate surface area is 178 Å². The van der Waals surface area contributed by atoms with E-state index in [9.17, 15) is 4.79 Å². The second-order valence-electron chi connectivity index (χ2n) is 8.37. The molecule has 0 spiro atoms. The van der Waals surface area contributed by atoms with Gasteiger partial charge >= 0.3 is 0 Å². The van der Waals surface area contributed by atoms with Crippen molar-refractivity contribution in [3.8, 4) is 0 Å². The molecule has 0 radical (unpaired) electrons.